The van der Waals surface area contributed by atoms with Crippen molar-refractivity contribution in [2.75, 3.05) is 6.61 Å². The zero-order valence-electron chi connectivity index (χ0n) is 21.5. The van der Waals surface area contributed by atoms with Gasteiger partial charge in [-0.25, -0.2) is 4.98 Å². The third kappa shape index (κ3) is 4.44. The molecule has 2 aliphatic rings. The van der Waals surface area contributed by atoms with E-state index in [1.54, 1.807) is 12.1 Å². The summed E-state index contributed by atoms with van der Waals surface area (Å²) in [6, 6.07) is 24.4. The zero-order chi connectivity index (χ0) is 25.6. The molecule has 7 heteroatoms. The summed E-state index contributed by atoms with van der Waals surface area (Å²) in [4.78, 5) is 3.83. The van der Waals surface area contributed by atoms with Crippen molar-refractivity contribution in [3.05, 3.63) is 90.5 Å². The minimum absolute atomic E-state index is 0.172. The number of aromatic nitrogens is 1. The van der Waals surface area contributed by atoms with Gasteiger partial charge in [0.25, 0.3) is 8.32 Å². The first kappa shape index (κ1) is 25.2. The van der Waals surface area contributed by atoms with Crippen LogP contribution in [0, 0.1) is 5.95 Å². The second kappa shape index (κ2) is 9.47. The Bertz CT molecular complexity index is 1150. The summed E-state index contributed by atoms with van der Waals surface area (Å²) in [5.74, 6) is -1.35. The van der Waals surface area contributed by atoms with Crippen LogP contribution in [-0.2, 0) is 18.6 Å². The Kier molecular flexibility index (Phi) is 6.64. The second-order valence-electron chi connectivity index (χ2n) is 11.0. The van der Waals surface area contributed by atoms with Crippen molar-refractivity contribution in [1.82, 2.24) is 4.98 Å². The van der Waals surface area contributed by atoms with E-state index in [-0.39, 0.29) is 11.1 Å². The van der Waals surface area contributed by atoms with Gasteiger partial charge >= 0.3 is 0 Å². The van der Waals surface area contributed by atoms with Gasteiger partial charge in [-0.05, 0) is 35.3 Å². The summed E-state index contributed by atoms with van der Waals surface area (Å²) in [7, 11) is -2.77. The molecule has 2 aliphatic heterocycles. The van der Waals surface area contributed by atoms with Crippen molar-refractivity contribution in [1.29, 1.82) is 0 Å². The second-order valence-corrected chi connectivity index (χ2v) is 15.3. The summed E-state index contributed by atoms with van der Waals surface area (Å²) in [6.07, 6.45) is -0.458. The first-order valence-electron chi connectivity index (χ1n) is 12.5. The molecule has 0 saturated carbocycles. The van der Waals surface area contributed by atoms with Crippen LogP contribution in [0.25, 0.3) is 0 Å². The fraction of sp³-hybridized carbons (Fsp3) is 0.414. The van der Waals surface area contributed by atoms with Crippen molar-refractivity contribution in [3.8, 4) is 0 Å². The average Bonchev–Trinajstić information content (AvgIpc) is 3.33. The lowest BCUT2D eigenvalue weighted by Crippen LogP contribution is -2.67. The summed E-state index contributed by atoms with van der Waals surface area (Å²) >= 11 is 0. The van der Waals surface area contributed by atoms with E-state index in [2.05, 4.69) is 74.3 Å². The minimum atomic E-state index is -2.77. The third-order valence-electron chi connectivity index (χ3n) is 7.13. The maximum Gasteiger partial charge on any atom is 0.261 e. The Balaban J connectivity index is 1.51. The number of nitrogens with zero attached hydrogens (tertiary/aromatic N) is 1. The summed E-state index contributed by atoms with van der Waals surface area (Å²) in [6.45, 7) is 10.8. The van der Waals surface area contributed by atoms with Crippen molar-refractivity contribution >= 4 is 18.7 Å². The van der Waals surface area contributed by atoms with E-state index in [0.717, 1.165) is 0 Å². The zero-order valence-corrected chi connectivity index (χ0v) is 22.5. The lowest BCUT2D eigenvalue weighted by molar-refractivity contribution is -0.190. The molecule has 5 nitrogen and oxygen atoms in total. The third-order valence-corrected chi connectivity index (χ3v) is 12.1. The van der Waals surface area contributed by atoms with E-state index in [0.29, 0.717) is 12.2 Å². The van der Waals surface area contributed by atoms with Gasteiger partial charge in [-0.15, -0.1) is 0 Å². The Morgan fingerprint density at radius 2 is 1.47 bits per heavy atom. The van der Waals surface area contributed by atoms with Crippen LogP contribution in [0.5, 0.6) is 0 Å². The molecule has 2 aromatic carbocycles. The molecule has 36 heavy (non-hydrogen) atoms. The van der Waals surface area contributed by atoms with Gasteiger partial charge < -0.3 is 18.6 Å². The number of hydrogen-bond acceptors (Lipinski definition) is 5. The highest BCUT2D eigenvalue weighted by Crippen LogP contribution is 2.46. The lowest BCUT2D eigenvalue weighted by Gasteiger charge is -2.43. The molecule has 0 radical (unpaired) electrons. The summed E-state index contributed by atoms with van der Waals surface area (Å²) < 4.78 is 40.7. The van der Waals surface area contributed by atoms with Gasteiger partial charge in [0.15, 0.2) is 5.79 Å². The van der Waals surface area contributed by atoms with Gasteiger partial charge in [0.05, 0.1) is 6.61 Å². The van der Waals surface area contributed by atoms with Crippen LogP contribution in [-0.4, -0.2) is 44.0 Å². The molecular formula is C29H34FNO4Si. The number of ether oxygens (including phenoxy) is 3. The number of rotatable bonds is 6. The molecule has 2 fully saturated rings. The predicted octanol–water partition coefficient (Wildman–Crippen LogP) is 4.76. The smallest absolute Gasteiger partial charge is 0.261 e. The van der Waals surface area contributed by atoms with E-state index in [9.17, 15) is 4.39 Å². The van der Waals surface area contributed by atoms with Crippen molar-refractivity contribution in [2.24, 2.45) is 0 Å². The van der Waals surface area contributed by atoms with Crippen LogP contribution in [0.2, 0.25) is 5.04 Å². The largest absolute Gasteiger partial charge is 0.405 e. The molecule has 0 aliphatic carbocycles. The van der Waals surface area contributed by atoms with Crippen molar-refractivity contribution in [3.63, 3.8) is 0 Å². The number of halogens is 1. The van der Waals surface area contributed by atoms with E-state index in [1.807, 2.05) is 26.0 Å². The van der Waals surface area contributed by atoms with Crippen LogP contribution >= 0.6 is 0 Å². The van der Waals surface area contributed by atoms with E-state index >= 15 is 0 Å². The SMILES string of the molecule is CC1(C)O[C@@H]2[C@H](O1)[C@H](CO[Si](c1ccccc1)(c1ccccc1)C(C)(C)C)O[C@H]2c1cccnc1F. The predicted molar refractivity (Wildman–Crippen MR) is 139 cm³/mol. The van der Waals surface area contributed by atoms with Crippen LogP contribution in [0.3, 0.4) is 0 Å². The highest BCUT2D eigenvalue weighted by molar-refractivity contribution is 6.99. The van der Waals surface area contributed by atoms with Gasteiger partial charge in [0.1, 0.15) is 24.4 Å². The van der Waals surface area contributed by atoms with Crippen molar-refractivity contribution < 1.29 is 23.0 Å². The molecule has 2 saturated heterocycles. The molecule has 1 aromatic heterocycles. The Morgan fingerprint density at radius 1 is 0.889 bits per heavy atom. The Hall–Kier alpha value is -2.42. The molecule has 0 amide bonds. The highest BCUT2D eigenvalue weighted by Gasteiger charge is 2.57. The fourth-order valence-electron chi connectivity index (χ4n) is 5.65. The Morgan fingerprint density at radius 3 is 2.03 bits per heavy atom. The summed E-state index contributed by atoms with van der Waals surface area (Å²) in [5.41, 5.74) is 0.377. The average molecular weight is 508 g/mol. The summed E-state index contributed by atoms with van der Waals surface area (Å²) in [5, 5.41) is 2.21. The first-order chi connectivity index (χ1) is 17.1. The molecule has 190 valence electrons. The van der Waals surface area contributed by atoms with Gasteiger partial charge in [-0.3, -0.25) is 0 Å². The van der Waals surface area contributed by atoms with E-state index < -0.39 is 38.4 Å². The molecule has 0 bridgehead atoms. The molecule has 0 unspecified atom stereocenters. The van der Waals surface area contributed by atoms with Gasteiger partial charge in [-0.2, -0.15) is 4.39 Å². The van der Waals surface area contributed by atoms with E-state index in [4.69, 9.17) is 18.6 Å². The maximum absolute atomic E-state index is 14.7. The number of pyridine rings is 1. The molecule has 3 heterocycles. The van der Waals surface area contributed by atoms with E-state index in [1.165, 1.54) is 16.6 Å². The van der Waals surface area contributed by atoms with Crippen molar-refractivity contribution in [2.45, 2.75) is 69.9 Å². The quantitative estimate of drug-likeness (QED) is 0.356. The Labute approximate surface area is 213 Å². The van der Waals surface area contributed by atoms with Crippen LogP contribution in [0.15, 0.2) is 79.0 Å². The molecular weight excluding hydrogens is 473 g/mol. The number of fused-ring (bicyclic) bond motifs is 1. The van der Waals surface area contributed by atoms with Crippen LogP contribution in [0.1, 0.15) is 46.3 Å². The van der Waals surface area contributed by atoms with Gasteiger partial charge in [0.2, 0.25) is 5.95 Å². The maximum atomic E-state index is 14.7. The first-order valence-corrected chi connectivity index (χ1v) is 14.4. The van der Waals surface area contributed by atoms with Gasteiger partial charge in [0, 0.05) is 11.8 Å². The standard InChI is InChI=1S/C29H34FNO4Si/c1-28(2,3)36(20-13-8-6-9-14-20,21-15-10-7-11-16-21)32-19-23-25-26(35-29(4,5)34-25)24(33-23)22-17-12-18-31-27(22)30/h6-18,23-26H,19H2,1-5H3/t23-,24-,25+,26-/m0/s1. The molecule has 0 N–H and O–H groups in total. The minimum Gasteiger partial charge on any atom is -0.405 e. The normalized spacial score (nSPS) is 25.6. The highest BCUT2D eigenvalue weighted by atomic mass is 28.4. The fourth-order valence-corrected chi connectivity index (χ4v) is 10.2. The molecule has 4 atom stereocenters. The molecule has 5 rings (SSSR count). The lowest BCUT2D eigenvalue weighted by atomic mass is 10.0. The number of benzene rings is 2. The van der Waals surface area contributed by atoms with Gasteiger partial charge in [-0.1, -0.05) is 87.5 Å². The molecule has 3 aromatic rings. The van der Waals surface area contributed by atoms with Crippen LogP contribution in [0.4, 0.5) is 4.39 Å². The number of hydrogen-bond donors (Lipinski definition) is 0. The molecule has 0 spiro atoms. The van der Waals surface area contributed by atoms with Crippen LogP contribution < -0.4 is 10.4 Å². The topological polar surface area (TPSA) is 49.8 Å². The monoisotopic (exact) mass is 507 g/mol.